The van der Waals surface area contributed by atoms with Gasteiger partial charge in [0.1, 0.15) is 10.7 Å². The molecule has 7 heteroatoms. The zero-order valence-electron chi connectivity index (χ0n) is 11.0. The molecule has 3 N–H and O–H groups in total. The largest absolute Gasteiger partial charge is 0.455 e. The molecule has 1 aromatic heterocycles. The molecule has 0 aliphatic heterocycles. The van der Waals surface area contributed by atoms with Crippen LogP contribution in [0.4, 0.5) is 0 Å². The average Bonchev–Trinajstić information content (AvgIpc) is 2.56. The lowest BCUT2D eigenvalue weighted by Crippen LogP contribution is -2.40. The molecule has 1 heterocycles. The number of aryl methyl sites for hydroxylation is 1. The van der Waals surface area contributed by atoms with Crippen LogP contribution in [-0.4, -0.2) is 20.4 Å². The Balaban J connectivity index is 2.11. The third kappa shape index (κ3) is 2.98. The first kappa shape index (κ1) is 14.1. The molecule has 1 atom stereocenters. The van der Waals surface area contributed by atoms with Gasteiger partial charge in [-0.15, -0.1) is 0 Å². The number of nitrogens with one attached hydrogen (secondary N) is 1. The Kier molecular flexibility index (Phi) is 3.69. The molecule has 2 rings (SSSR count). The smallest absolute Gasteiger partial charge is 0.287 e. The Hall–Kier alpha value is -1.34. The zero-order valence-corrected chi connectivity index (χ0v) is 11.8. The highest BCUT2D eigenvalue weighted by Crippen LogP contribution is 2.29. The van der Waals surface area contributed by atoms with Gasteiger partial charge in [-0.1, -0.05) is 6.42 Å². The molecule has 1 saturated carbocycles. The predicted octanol–water partition coefficient (Wildman–Crippen LogP) is 1.15. The molecule has 1 aromatic rings. The van der Waals surface area contributed by atoms with E-state index in [1.54, 1.807) is 0 Å². The monoisotopic (exact) mass is 286 g/mol. The van der Waals surface area contributed by atoms with E-state index in [4.69, 9.17) is 9.56 Å². The van der Waals surface area contributed by atoms with Crippen LogP contribution in [0.3, 0.4) is 0 Å². The molecule has 0 saturated heterocycles. The molecule has 6 nitrogen and oxygen atoms in total. The van der Waals surface area contributed by atoms with E-state index >= 15 is 0 Å². The van der Waals surface area contributed by atoms with Crippen molar-refractivity contribution in [3.63, 3.8) is 0 Å². The molecular weight excluding hydrogens is 268 g/mol. The molecule has 1 aliphatic carbocycles. The minimum Gasteiger partial charge on any atom is -0.455 e. The Morgan fingerprint density at radius 1 is 1.53 bits per heavy atom. The van der Waals surface area contributed by atoms with E-state index in [9.17, 15) is 13.2 Å². The van der Waals surface area contributed by atoms with Crippen LogP contribution in [0.15, 0.2) is 15.4 Å². The van der Waals surface area contributed by atoms with E-state index in [1.165, 1.54) is 19.4 Å². The van der Waals surface area contributed by atoms with Crippen molar-refractivity contribution in [3.05, 3.63) is 17.6 Å². The Morgan fingerprint density at radius 2 is 2.16 bits per heavy atom. The maximum atomic E-state index is 12.0. The number of hydrogen-bond donors (Lipinski definition) is 2. The van der Waals surface area contributed by atoms with Crippen molar-refractivity contribution in [1.29, 1.82) is 0 Å². The van der Waals surface area contributed by atoms with Crippen LogP contribution < -0.4 is 10.5 Å². The summed E-state index contributed by atoms with van der Waals surface area (Å²) in [5.41, 5.74) is 0. The average molecular weight is 286 g/mol. The van der Waals surface area contributed by atoms with Crippen LogP contribution in [0.25, 0.3) is 0 Å². The van der Waals surface area contributed by atoms with Gasteiger partial charge in [-0.3, -0.25) is 4.79 Å². The fourth-order valence-electron chi connectivity index (χ4n) is 2.20. The first-order valence-electron chi connectivity index (χ1n) is 6.23. The van der Waals surface area contributed by atoms with E-state index in [-0.39, 0.29) is 22.5 Å². The van der Waals surface area contributed by atoms with Gasteiger partial charge in [0.2, 0.25) is 10.0 Å². The lowest BCUT2D eigenvalue weighted by atomic mass is 9.80. The minimum atomic E-state index is -3.86. The van der Waals surface area contributed by atoms with Crippen LogP contribution >= 0.6 is 0 Å². The van der Waals surface area contributed by atoms with Gasteiger partial charge in [-0.2, -0.15) is 0 Å². The van der Waals surface area contributed by atoms with E-state index in [0.29, 0.717) is 5.92 Å². The molecule has 19 heavy (non-hydrogen) atoms. The molecule has 1 aliphatic rings. The topological polar surface area (TPSA) is 102 Å². The Labute approximate surface area is 112 Å². The van der Waals surface area contributed by atoms with Crippen molar-refractivity contribution in [2.45, 2.75) is 44.0 Å². The molecular formula is C12H18N2O4S. The molecule has 1 fully saturated rings. The number of rotatable bonds is 4. The lowest BCUT2D eigenvalue weighted by molar-refractivity contribution is 0.0880. The van der Waals surface area contributed by atoms with Crippen molar-refractivity contribution < 1.29 is 17.6 Å². The van der Waals surface area contributed by atoms with Crippen LogP contribution in [0.2, 0.25) is 0 Å². The summed E-state index contributed by atoms with van der Waals surface area (Å²) in [5, 5.41) is 7.85. The number of primary sulfonamides is 1. The molecule has 106 valence electrons. The van der Waals surface area contributed by atoms with Crippen molar-refractivity contribution >= 4 is 15.9 Å². The lowest BCUT2D eigenvalue weighted by Gasteiger charge is -2.31. The summed E-state index contributed by atoms with van der Waals surface area (Å²) in [7, 11) is -3.86. The van der Waals surface area contributed by atoms with Crippen LogP contribution in [-0.2, 0) is 10.0 Å². The summed E-state index contributed by atoms with van der Waals surface area (Å²) in [5.74, 6) is 0.201. The number of furan rings is 1. The highest BCUT2D eigenvalue weighted by atomic mass is 32.2. The second kappa shape index (κ2) is 4.97. The normalized spacial score (nSPS) is 17.8. The Bertz CT molecular complexity index is 587. The van der Waals surface area contributed by atoms with Gasteiger partial charge in [0.05, 0.1) is 0 Å². The molecule has 0 radical (unpaired) electrons. The van der Waals surface area contributed by atoms with Crippen molar-refractivity contribution in [3.8, 4) is 0 Å². The standard InChI is InChI=1S/C12H18N2O4S/c1-7(9-4-3-5-9)14-12(15)10-6-11(8(2)18-10)19(13,16)17/h6-7,9H,3-5H2,1-2H3,(H,14,15)(H2,13,16,17). The number of sulfonamides is 1. The van der Waals surface area contributed by atoms with E-state index < -0.39 is 15.9 Å². The third-order valence-corrected chi connectivity index (χ3v) is 4.64. The van der Waals surface area contributed by atoms with Gasteiger partial charge < -0.3 is 9.73 Å². The highest BCUT2D eigenvalue weighted by molar-refractivity contribution is 7.89. The third-order valence-electron chi connectivity index (χ3n) is 3.62. The van der Waals surface area contributed by atoms with Gasteiger partial charge in [0.15, 0.2) is 5.76 Å². The molecule has 1 amide bonds. The number of nitrogens with two attached hydrogens (primary N) is 1. The summed E-state index contributed by atoms with van der Waals surface area (Å²) in [6.45, 7) is 3.41. The Morgan fingerprint density at radius 3 is 2.58 bits per heavy atom. The fourth-order valence-corrected chi connectivity index (χ4v) is 2.91. The van der Waals surface area contributed by atoms with E-state index in [0.717, 1.165) is 12.8 Å². The number of hydrogen-bond acceptors (Lipinski definition) is 4. The second-order valence-electron chi connectivity index (χ2n) is 5.03. The molecule has 0 bridgehead atoms. The molecule has 0 aromatic carbocycles. The zero-order chi connectivity index (χ0) is 14.2. The highest BCUT2D eigenvalue weighted by Gasteiger charge is 2.27. The number of carbonyl (C=O) groups excluding carboxylic acids is 1. The first-order chi connectivity index (χ1) is 8.79. The van der Waals surface area contributed by atoms with Crippen LogP contribution in [0.1, 0.15) is 42.5 Å². The number of amides is 1. The van der Waals surface area contributed by atoms with Crippen LogP contribution in [0, 0.1) is 12.8 Å². The second-order valence-corrected chi connectivity index (χ2v) is 6.56. The van der Waals surface area contributed by atoms with Gasteiger partial charge in [-0.05, 0) is 32.6 Å². The fraction of sp³-hybridized carbons (Fsp3) is 0.583. The minimum absolute atomic E-state index is 0.0206. The summed E-state index contributed by atoms with van der Waals surface area (Å²) < 4.78 is 27.7. The van der Waals surface area contributed by atoms with Crippen molar-refractivity contribution in [2.24, 2.45) is 11.1 Å². The SMILES string of the molecule is Cc1oc(C(=O)NC(C)C2CCC2)cc1S(N)(=O)=O. The summed E-state index contributed by atoms with van der Waals surface area (Å²) >= 11 is 0. The van der Waals surface area contributed by atoms with Gasteiger partial charge in [0.25, 0.3) is 5.91 Å². The summed E-state index contributed by atoms with van der Waals surface area (Å²) in [6.07, 6.45) is 3.42. The quantitative estimate of drug-likeness (QED) is 0.866. The van der Waals surface area contributed by atoms with Gasteiger partial charge in [-0.25, -0.2) is 13.6 Å². The maximum Gasteiger partial charge on any atom is 0.287 e. The predicted molar refractivity (Wildman–Crippen MR) is 69.1 cm³/mol. The van der Waals surface area contributed by atoms with E-state index in [2.05, 4.69) is 5.32 Å². The van der Waals surface area contributed by atoms with Crippen molar-refractivity contribution in [1.82, 2.24) is 5.32 Å². The first-order valence-corrected chi connectivity index (χ1v) is 7.78. The van der Waals surface area contributed by atoms with Gasteiger partial charge >= 0.3 is 0 Å². The molecule has 0 spiro atoms. The van der Waals surface area contributed by atoms with E-state index in [1.807, 2.05) is 6.92 Å². The maximum absolute atomic E-state index is 12.0. The summed E-state index contributed by atoms with van der Waals surface area (Å²) in [6, 6.07) is 1.23. The van der Waals surface area contributed by atoms with Crippen molar-refractivity contribution in [2.75, 3.05) is 0 Å². The molecule has 1 unspecified atom stereocenters. The van der Waals surface area contributed by atoms with Gasteiger partial charge in [0, 0.05) is 12.1 Å². The van der Waals surface area contributed by atoms with Crippen LogP contribution in [0.5, 0.6) is 0 Å². The summed E-state index contributed by atoms with van der Waals surface area (Å²) in [4.78, 5) is 11.8. The number of carbonyl (C=O) groups is 1.